The summed E-state index contributed by atoms with van der Waals surface area (Å²) in [5.41, 5.74) is 0.368. The van der Waals surface area contributed by atoms with Crippen molar-refractivity contribution in [3.05, 3.63) is 29.6 Å². The zero-order chi connectivity index (χ0) is 11.6. The summed E-state index contributed by atoms with van der Waals surface area (Å²) in [6.45, 7) is 3.51. The lowest BCUT2D eigenvalue weighted by atomic mass is 9.88. The lowest BCUT2D eigenvalue weighted by molar-refractivity contribution is -0.139. The molecule has 1 atom stereocenters. The van der Waals surface area contributed by atoms with Crippen molar-refractivity contribution in [3.63, 3.8) is 0 Å². The average Bonchev–Trinajstić information content (AvgIpc) is 2.10. The highest BCUT2D eigenvalue weighted by molar-refractivity contribution is 5.76. The second-order valence-electron chi connectivity index (χ2n) is 3.77. The van der Waals surface area contributed by atoms with Crippen molar-refractivity contribution in [2.24, 2.45) is 5.92 Å². The van der Waals surface area contributed by atoms with Gasteiger partial charge < -0.3 is 10.2 Å². The predicted molar refractivity (Wildman–Crippen MR) is 53.3 cm³/mol. The molecule has 15 heavy (non-hydrogen) atoms. The van der Waals surface area contributed by atoms with E-state index in [9.17, 15) is 9.18 Å². The van der Waals surface area contributed by atoms with Crippen LogP contribution in [-0.2, 0) is 4.79 Å². The van der Waals surface area contributed by atoms with E-state index in [4.69, 9.17) is 10.2 Å². The molecule has 82 valence electrons. The monoisotopic (exact) mass is 212 g/mol. The van der Waals surface area contributed by atoms with Crippen LogP contribution in [0.15, 0.2) is 18.2 Å². The van der Waals surface area contributed by atoms with E-state index in [0.29, 0.717) is 5.56 Å². The van der Waals surface area contributed by atoms with Crippen LogP contribution in [0.4, 0.5) is 4.39 Å². The Morgan fingerprint density at radius 3 is 2.40 bits per heavy atom. The maximum Gasteiger partial charge on any atom is 0.311 e. The molecule has 0 aliphatic carbocycles. The fourth-order valence-corrected chi connectivity index (χ4v) is 1.53. The second kappa shape index (κ2) is 4.29. The van der Waals surface area contributed by atoms with E-state index in [1.165, 1.54) is 12.1 Å². The molecule has 3 nitrogen and oxygen atoms in total. The van der Waals surface area contributed by atoms with E-state index in [0.717, 1.165) is 6.07 Å². The molecule has 1 unspecified atom stereocenters. The molecule has 0 radical (unpaired) electrons. The number of carboxylic acids is 1. The van der Waals surface area contributed by atoms with Crippen LogP contribution < -0.4 is 0 Å². The first-order valence-corrected chi connectivity index (χ1v) is 4.64. The van der Waals surface area contributed by atoms with Gasteiger partial charge in [0.25, 0.3) is 0 Å². The van der Waals surface area contributed by atoms with Gasteiger partial charge in [-0.05, 0) is 23.6 Å². The molecule has 0 bridgehead atoms. The second-order valence-corrected chi connectivity index (χ2v) is 3.77. The fraction of sp³-hybridized carbons (Fsp3) is 0.364. The first-order valence-electron chi connectivity index (χ1n) is 4.64. The van der Waals surface area contributed by atoms with Gasteiger partial charge in [-0.1, -0.05) is 19.9 Å². The number of carbonyl (C=O) groups is 1. The lowest BCUT2D eigenvalue weighted by Gasteiger charge is -2.16. The van der Waals surface area contributed by atoms with E-state index in [-0.39, 0.29) is 5.92 Å². The SMILES string of the molecule is CC(C)C(C(=O)O)c1ccc(O)c(F)c1. The molecule has 1 aromatic carbocycles. The Morgan fingerprint density at radius 2 is 2.00 bits per heavy atom. The molecule has 2 N–H and O–H groups in total. The van der Waals surface area contributed by atoms with Gasteiger partial charge in [-0.3, -0.25) is 4.79 Å². The Balaban J connectivity index is 3.12. The number of hydrogen-bond acceptors (Lipinski definition) is 2. The number of aliphatic carboxylic acids is 1. The Bertz CT molecular complexity index is 374. The molecule has 0 aliphatic rings. The van der Waals surface area contributed by atoms with Crippen LogP contribution in [0.1, 0.15) is 25.3 Å². The number of halogens is 1. The van der Waals surface area contributed by atoms with Gasteiger partial charge >= 0.3 is 5.97 Å². The van der Waals surface area contributed by atoms with Crippen LogP contribution in [0.5, 0.6) is 5.75 Å². The van der Waals surface area contributed by atoms with Crippen LogP contribution in [0.25, 0.3) is 0 Å². The maximum absolute atomic E-state index is 13.0. The van der Waals surface area contributed by atoms with Gasteiger partial charge in [0, 0.05) is 0 Å². The predicted octanol–water partition coefficient (Wildman–Crippen LogP) is 2.36. The molecule has 4 heteroatoms. The van der Waals surface area contributed by atoms with Crippen molar-refractivity contribution in [1.29, 1.82) is 0 Å². The highest BCUT2D eigenvalue weighted by atomic mass is 19.1. The van der Waals surface area contributed by atoms with Crippen LogP contribution in [-0.4, -0.2) is 16.2 Å². The summed E-state index contributed by atoms with van der Waals surface area (Å²) >= 11 is 0. The van der Waals surface area contributed by atoms with E-state index >= 15 is 0 Å². The largest absolute Gasteiger partial charge is 0.505 e. The summed E-state index contributed by atoms with van der Waals surface area (Å²) in [4.78, 5) is 11.0. The molecule has 0 saturated carbocycles. The van der Waals surface area contributed by atoms with Crippen molar-refractivity contribution >= 4 is 5.97 Å². The number of hydrogen-bond donors (Lipinski definition) is 2. The minimum atomic E-state index is -0.991. The van der Waals surface area contributed by atoms with Crippen molar-refractivity contribution in [3.8, 4) is 5.75 Å². The normalized spacial score (nSPS) is 12.8. The number of carboxylic acid groups (broad SMARTS) is 1. The standard InChI is InChI=1S/C11H13FO3/c1-6(2)10(11(14)15)7-3-4-9(13)8(12)5-7/h3-6,10,13H,1-2H3,(H,14,15). The Labute approximate surface area is 87.2 Å². The van der Waals surface area contributed by atoms with E-state index < -0.39 is 23.5 Å². The molecule has 1 aromatic rings. The van der Waals surface area contributed by atoms with Gasteiger partial charge in [-0.25, -0.2) is 4.39 Å². The highest BCUT2D eigenvalue weighted by Crippen LogP contribution is 2.27. The Morgan fingerprint density at radius 1 is 1.40 bits per heavy atom. The lowest BCUT2D eigenvalue weighted by Crippen LogP contribution is -2.17. The molecule has 0 saturated heterocycles. The van der Waals surface area contributed by atoms with Gasteiger partial charge in [0.15, 0.2) is 11.6 Å². The zero-order valence-corrected chi connectivity index (χ0v) is 8.57. The minimum absolute atomic E-state index is 0.133. The average molecular weight is 212 g/mol. The molecule has 0 aliphatic heterocycles. The van der Waals surface area contributed by atoms with Gasteiger partial charge in [-0.15, -0.1) is 0 Å². The van der Waals surface area contributed by atoms with Gasteiger partial charge in [0.05, 0.1) is 5.92 Å². The summed E-state index contributed by atoms with van der Waals surface area (Å²) in [6.07, 6.45) is 0. The topological polar surface area (TPSA) is 57.5 Å². The third kappa shape index (κ3) is 2.46. The summed E-state index contributed by atoms with van der Waals surface area (Å²) in [7, 11) is 0. The first kappa shape index (κ1) is 11.5. The molecule has 0 heterocycles. The quantitative estimate of drug-likeness (QED) is 0.808. The summed E-state index contributed by atoms with van der Waals surface area (Å²) < 4.78 is 13.0. The summed E-state index contributed by atoms with van der Waals surface area (Å²) in [5, 5.41) is 18.0. The Kier molecular flexibility index (Phi) is 3.29. The van der Waals surface area contributed by atoms with E-state index in [1.807, 2.05) is 0 Å². The number of benzene rings is 1. The molecule has 1 rings (SSSR count). The number of phenols is 1. The van der Waals surface area contributed by atoms with Crippen LogP contribution >= 0.6 is 0 Å². The highest BCUT2D eigenvalue weighted by Gasteiger charge is 2.24. The van der Waals surface area contributed by atoms with Gasteiger partial charge in [-0.2, -0.15) is 0 Å². The minimum Gasteiger partial charge on any atom is -0.505 e. The molecular formula is C11H13FO3. The maximum atomic E-state index is 13.0. The van der Waals surface area contributed by atoms with Crippen LogP contribution in [0.3, 0.4) is 0 Å². The third-order valence-electron chi connectivity index (χ3n) is 2.26. The Hall–Kier alpha value is -1.58. The molecule has 0 amide bonds. The van der Waals surface area contributed by atoms with Crippen molar-refractivity contribution in [2.75, 3.05) is 0 Å². The fourth-order valence-electron chi connectivity index (χ4n) is 1.53. The van der Waals surface area contributed by atoms with E-state index in [1.54, 1.807) is 13.8 Å². The van der Waals surface area contributed by atoms with Gasteiger partial charge in [0.2, 0.25) is 0 Å². The zero-order valence-electron chi connectivity index (χ0n) is 8.57. The van der Waals surface area contributed by atoms with Crippen LogP contribution in [0.2, 0.25) is 0 Å². The smallest absolute Gasteiger partial charge is 0.311 e. The third-order valence-corrected chi connectivity index (χ3v) is 2.26. The molecular weight excluding hydrogens is 199 g/mol. The molecule has 0 aromatic heterocycles. The van der Waals surface area contributed by atoms with Crippen LogP contribution in [0, 0.1) is 11.7 Å². The van der Waals surface area contributed by atoms with Crippen molar-refractivity contribution < 1.29 is 19.4 Å². The first-order chi connectivity index (χ1) is 6.93. The molecule has 0 spiro atoms. The summed E-state index contributed by atoms with van der Waals surface area (Å²) in [5.74, 6) is -3.13. The van der Waals surface area contributed by atoms with Crippen molar-refractivity contribution in [2.45, 2.75) is 19.8 Å². The van der Waals surface area contributed by atoms with Crippen molar-refractivity contribution in [1.82, 2.24) is 0 Å². The number of aromatic hydroxyl groups is 1. The molecule has 0 fully saturated rings. The number of phenolic OH excluding ortho intramolecular Hbond substituents is 1. The number of rotatable bonds is 3. The van der Waals surface area contributed by atoms with Gasteiger partial charge in [0.1, 0.15) is 0 Å². The summed E-state index contributed by atoms with van der Waals surface area (Å²) in [6, 6.07) is 3.66. The van der Waals surface area contributed by atoms with E-state index in [2.05, 4.69) is 0 Å².